The molecule has 0 heterocycles. The number of sulfonamides is 1. The SMILES string of the molecule is CNC(C)CNC(=O)c1cc(S(=O)(=O)NC2CC2)ccc1C. The molecule has 7 heteroatoms. The molecule has 1 aliphatic carbocycles. The number of carbonyl (C=O) groups excluding carboxylic acids is 1. The van der Waals surface area contributed by atoms with Crippen LogP contribution in [0.1, 0.15) is 35.7 Å². The summed E-state index contributed by atoms with van der Waals surface area (Å²) in [5.74, 6) is -0.261. The van der Waals surface area contributed by atoms with Crippen LogP contribution >= 0.6 is 0 Å². The molecule has 1 aromatic rings. The van der Waals surface area contributed by atoms with Gasteiger partial charge in [0.1, 0.15) is 0 Å². The summed E-state index contributed by atoms with van der Waals surface area (Å²) in [5.41, 5.74) is 1.14. The summed E-state index contributed by atoms with van der Waals surface area (Å²) in [6.45, 7) is 4.22. The van der Waals surface area contributed by atoms with E-state index in [-0.39, 0.29) is 22.9 Å². The molecule has 1 aromatic carbocycles. The summed E-state index contributed by atoms with van der Waals surface area (Å²) in [7, 11) is -1.73. The Balaban J connectivity index is 2.17. The van der Waals surface area contributed by atoms with Crippen molar-refractivity contribution in [3.63, 3.8) is 0 Å². The van der Waals surface area contributed by atoms with Crippen LogP contribution in [-0.4, -0.2) is 40.0 Å². The van der Waals surface area contributed by atoms with Gasteiger partial charge in [-0.25, -0.2) is 13.1 Å². The van der Waals surface area contributed by atoms with Gasteiger partial charge in [-0.05, 0) is 51.4 Å². The number of nitrogens with one attached hydrogen (secondary N) is 3. The molecule has 1 amide bonds. The first kappa shape index (κ1) is 16.9. The zero-order valence-electron chi connectivity index (χ0n) is 13.1. The van der Waals surface area contributed by atoms with Gasteiger partial charge in [0.25, 0.3) is 5.91 Å². The summed E-state index contributed by atoms with van der Waals surface area (Å²) >= 11 is 0. The Bertz CT molecular complexity index is 654. The minimum atomic E-state index is -3.55. The van der Waals surface area contributed by atoms with E-state index in [1.54, 1.807) is 13.0 Å². The average molecular weight is 325 g/mol. The molecule has 2 rings (SSSR count). The van der Waals surface area contributed by atoms with E-state index in [0.717, 1.165) is 18.4 Å². The van der Waals surface area contributed by atoms with Crippen LogP contribution in [0.15, 0.2) is 23.1 Å². The first-order valence-electron chi connectivity index (χ1n) is 7.42. The van der Waals surface area contributed by atoms with Crippen molar-refractivity contribution in [2.75, 3.05) is 13.6 Å². The Morgan fingerprint density at radius 1 is 1.36 bits per heavy atom. The van der Waals surface area contributed by atoms with Gasteiger partial charge in [0.2, 0.25) is 10.0 Å². The van der Waals surface area contributed by atoms with E-state index in [2.05, 4.69) is 15.4 Å². The molecule has 1 aliphatic rings. The zero-order chi connectivity index (χ0) is 16.3. The standard InChI is InChI=1S/C15H23N3O3S/c1-10-4-7-13(22(20,21)18-12-5-6-12)8-14(10)15(19)17-9-11(2)16-3/h4,7-8,11-12,16,18H,5-6,9H2,1-3H3,(H,17,19). The molecule has 3 N–H and O–H groups in total. The van der Waals surface area contributed by atoms with Crippen molar-refractivity contribution in [2.45, 2.75) is 43.7 Å². The lowest BCUT2D eigenvalue weighted by atomic mass is 10.1. The lowest BCUT2D eigenvalue weighted by Crippen LogP contribution is -2.37. The number of hydrogen-bond acceptors (Lipinski definition) is 4. The molecule has 1 fully saturated rings. The van der Waals surface area contributed by atoms with E-state index >= 15 is 0 Å². The van der Waals surface area contributed by atoms with Gasteiger partial charge < -0.3 is 10.6 Å². The van der Waals surface area contributed by atoms with Crippen molar-refractivity contribution in [3.05, 3.63) is 29.3 Å². The molecule has 6 nitrogen and oxygen atoms in total. The number of amides is 1. The first-order chi connectivity index (χ1) is 10.3. The maximum Gasteiger partial charge on any atom is 0.251 e. The topological polar surface area (TPSA) is 87.3 Å². The Morgan fingerprint density at radius 2 is 2.05 bits per heavy atom. The number of rotatable bonds is 7. The van der Waals surface area contributed by atoms with E-state index < -0.39 is 10.0 Å². The fraction of sp³-hybridized carbons (Fsp3) is 0.533. The van der Waals surface area contributed by atoms with Gasteiger partial charge in [0.15, 0.2) is 0 Å². The van der Waals surface area contributed by atoms with Gasteiger partial charge in [-0.2, -0.15) is 0 Å². The molecular weight excluding hydrogens is 302 g/mol. The highest BCUT2D eigenvalue weighted by atomic mass is 32.2. The molecule has 0 radical (unpaired) electrons. The summed E-state index contributed by atoms with van der Waals surface area (Å²) in [6, 6.07) is 4.83. The highest BCUT2D eigenvalue weighted by molar-refractivity contribution is 7.89. The molecule has 1 atom stereocenters. The second-order valence-corrected chi connectivity index (χ2v) is 7.49. The Labute approximate surface area is 131 Å². The largest absolute Gasteiger partial charge is 0.350 e. The molecule has 0 bridgehead atoms. The van der Waals surface area contributed by atoms with E-state index in [0.29, 0.717) is 12.1 Å². The molecule has 0 aliphatic heterocycles. The van der Waals surface area contributed by atoms with Crippen LogP contribution in [0.4, 0.5) is 0 Å². The second kappa shape index (κ2) is 6.76. The molecule has 122 valence electrons. The van der Waals surface area contributed by atoms with Crippen LogP contribution in [0.25, 0.3) is 0 Å². The first-order valence-corrected chi connectivity index (χ1v) is 8.90. The monoisotopic (exact) mass is 325 g/mol. The molecular formula is C15H23N3O3S. The minimum Gasteiger partial charge on any atom is -0.350 e. The highest BCUT2D eigenvalue weighted by Crippen LogP contribution is 2.23. The average Bonchev–Trinajstić information content (AvgIpc) is 3.27. The fourth-order valence-corrected chi connectivity index (χ4v) is 3.28. The van der Waals surface area contributed by atoms with Crippen LogP contribution in [0.2, 0.25) is 0 Å². The van der Waals surface area contributed by atoms with Crippen LogP contribution in [0.5, 0.6) is 0 Å². The number of likely N-dealkylation sites (N-methyl/N-ethyl adjacent to an activating group) is 1. The number of benzene rings is 1. The third-order valence-electron chi connectivity index (χ3n) is 3.72. The Kier molecular flexibility index (Phi) is 5.20. The third-order valence-corrected chi connectivity index (χ3v) is 5.24. The lowest BCUT2D eigenvalue weighted by molar-refractivity contribution is 0.0949. The summed E-state index contributed by atoms with van der Waals surface area (Å²) in [6.07, 6.45) is 1.75. The maximum absolute atomic E-state index is 12.2. The normalized spacial score (nSPS) is 16.3. The lowest BCUT2D eigenvalue weighted by Gasteiger charge is -2.13. The summed E-state index contributed by atoms with van der Waals surface area (Å²) < 4.78 is 27.1. The van der Waals surface area contributed by atoms with Crippen molar-refractivity contribution >= 4 is 15.9 Å². The van der Waals surface area contributed by atoms with E-state index in [1.165, 1.54) is 12.1 Å². The summed E-state index contributed by atoms with van der Waals surface area (Å²) in [5, 5.41) is 5.84. The molecule has 0 saturated heterocycles. The molecule has 22 heavy (non-hydrogen) atoms. The molecule has 0 aromatic heterocycles. The molecule has 1 saturated carbocycles. The summed E-state index contributed by atoms with van der Waals surface area (Å²) in [4.78, 5) is 12.4. The van der Waals surface area contributed by atoms with Crippen molar-refractivity contribution < 1.29 is 13.2 Å². The second-order valence-electron chi connectivity index (χ2n) is 5.77. The zero-order valence-corrected chi connectivity index (χ0v) is 14.0. The fourth-order valence-electron chi connectivity index (χ4n) is 1.94. The molecule has 0 spiro atoms. The van der Waals surface area contributed by atoms with E-state index in [4.69, 9.17) is 0 Å². The van der Waals surface area contributed by atoms with Crippen LogP contribution in [0, 0.1) is 6.92 Å². The number of hydrogen-bond donors (Lipinski definition) is 3. The third kappa shape index (κ3) is 4.28. The van der Waals surface area contributed by atoms with Crippen LogP contribution in [0.3, 0.4) is 0 Å². The predicted molar refractivity (Wildman–Crippen MR) is 85.4 cm³/mol. The predicted octanol–water partition coefficient (Wildman–Crippen LogP) is 0.773. The minimum absolute atomic E-state index is 0.0417. The van der Waals surface area contributed by atoms with Crippen LogP contribution < -0.4 is 15.4 Å². The van der Waals surface area contributed by atoms with Gasteiger partial charge in [-0.3, -0.25) is 4.79 Å². The van der Waals surface area contributed by atoms with Crippen molar-refractivity contribution in [1.29, 1.82) is 0 Å². The van der Waals surface area contributed by atoms with Gasteiger partial charge in [-0.1, -0.05) is 6.07 Å². The smallest absolute Gasteiger partial charge is 0.251 e. The van der Waals surface area contributed by atoms with Gasteiger partial charge in [-0.15, -0.1) is 0 Å². The van der Waals surface area contributed by atoms with Gasteiger partial charge in [0, 0.05) is 24.2 Å². The highest BCUT2D eigenvalue weighted by Gasteiger charge is 2.28. The number of aryl methyl sites for hydroxylation is 1. The Hall–Kier alpha value is -1.44. The quantitative estimate of drug-likeness (QED) is 0.691. The Morgan fingerprint density at radius 3 is 2.64 bits per heavy atom. The van der Waals surface area contributed by atoms with Crippen molar-refractivity contribution in [2.24, 2.45) is 0 Å². The van der Waals surface area contributed by atoms with Crippen LogP contribution in [-0.2, 0) is 10.0 Å². The van der Waals surface area contributed by atoms with Gasteiger partial charge in [0.05, 0.1) is 4.90 Å². The van der Waals surface area contributed by atoms with E-state index in [9.17, 15) is 13.2 Å². The van der Waals surface area contributed by atoms with Crippen molar-refractivity contribution in [3.8, 4) is 0 Å². The van der Waals surface area contributed by atoms with Gasteiger partial charge >= 0.3 is 0 Å². The van der Waals surface area contributed by atoms with E-state index in [1.807, 2.05) is 14.0 Å². The van der Waals surface area contributed by atoms with Crippen molar-refractivity contribution in [1.82, 2.24) is 15.4 Å². The number of carbonyl (C=O) groups is 1. The molecule has 1 unspecified atom stereocenters. The maximum atomic E-state index is 12.2.